The van der Waals surface area contributed by atoms with Gasteiger partial charge >= 0.3 is 0 Å². The van der Waals surface area contributed by atoms with Crippen LogP contribution in [0.2, 0.25) is 0 Å². The maximum absolute atomic E-state index is 10.6. The van der Waals surface area contributed by atoms with Gasteiger partial charge in [0, 0.05) is 30.7 Å². The standard InChI is InChI=1S/C24H37NO3/c1-5-18-8-11-21(26)23(28-4)22(18)24-12-13-25(15-17-6-7-17)16(2)20(24)10-9-19(14-24)27-3/h8,11,16-17,19-20,26H,5-7,9-10,12-15H2,1-4H3. The third-order valence-electron chi connectivity index (χ3n) is 7.93. The first-order valence-corrected chi connectivity index (χ1v) is 11.2. The first-order chi connectivity index (χ1) is 13.5. The van der Waals surface area contributed by atoms with Gasteiger partial charge in [0.25, 0.3) is 0 Å². The van der Waals surface area contributed by atoms with Crippen molar-refractivity contribution >= 4 is 0 Å². The fourth-order valence-electron chi connectivity index (χ4n) is 6.26. The van der Waals surface area contributed by atoms with E-state index in [9.17, 15) is 5.11 Å². The molecule has 1 saturated heterocycles. The number of phenols is 1. The molecule has 1 aromatic carbocycles. The first kappa shape index (κ1) is 20.0. The third kappa shape index (κ3) is 3.33. The highest BCUT2D eigenvalue weighted by molar-refractivity contribution is 5.55. The minimum absolute atomic E-state index is 0.0216. The molecule has 2 saturated carbocycles. The van der Waals surface area contributed by atoms with E-state index in [1.165, 1.54) is 36.9 Å². The van der Waals surface area contributed by atoms with Gasteiger partial charge in [-0.15, -0.1) is 0 Å². The zero-order valence-corrected chi connectivity index (χ0v) is 18.0. The Kier molecular flexibility index (Phi) is 5.63. The summed E-state index contributed by atoms with van der Waals surface area (Å²) in [6.45, 7) is 7.05. The molecule has 0 amide bonds. The molecule has 3 fully saturated rings. The van der Waals surface area contributed by atoms with E-state index in [4.69, 9.17) is 9.47 Å². The molecule has 1 aromatic rings. The second kappa shape index (κ2) is 7.87. The molecule has 1 N–H and O–H groups in total. The van der Waals surface area contributed by atoms with E-state index in [2.05, 4.69) is 24.8 Å². The third-order valence-corrected chi connectivity index (χ3v) is 7.93. The van der Waals surface area contributed by atoms with Crippen molar-refractivity contribution < 1.29 is 14.6 Å². The van der Waals surface area contributed by atoms with Crippen LogP contribution in [0.25, 0.3) is 0 Å². The lowest BCUT2D eigenvalue weighted by atomic mass is 9.55. The molecule has 156 valence electrons. The number of aromatic hydroxyl groups is 1. The average molecular weight is 388 g/mol. The number of phenolic OH excluding ortho intramolecular Hbond substituents is 1. The highest BCUT2D eigenvalue weighted by atomic mass is 16.5. The average Bonchev–Trinajstić information content (AvgIpc) is 3.53. The molecule has 0 radical (unpaired) electrons. The summed E-state index contributed by atoms with van der Waals surface area (Å²) < 4.78 is 11.7. The highest BCUT2D eigenvalue weighted by Gasteiger charge is 2.53. The molecule has 28 heavy (non-hydrogen) atoms. The van der Waals surface area contributed by atoms with Crippen LogP contribution in [0.1, 0.15) is 63.5 Å². The van der Waals surface area contributed by atoms with E-state index in [0.29, 0.717) is 17.7 Å². The van der Waals surface area contributed by atoms with Gasteiger partial charge in [0.15, 0.2) is 11.5 Å². The minimum atomic E-state index is 0.0216. The Hall–Kier alpha value is -1.26. The number of rotatable bonds is 6. The fourth-order valence-corrected chi connectivity index (χ4v) is 6.26. The lowest BCUT2D eigenvalue weighted by Crippen LogP contribution is -2.58. The number of fused-ring (bicyclic) bond motifs is 1. The molecule has 4 unspecified atom stereocenters. The summed E-state index contributed by atoms with van der Waals surface area (Å²) in [6, 6.07) is 4.47. The predicted molar refractivity (Wildman–Crippen MR) is 112 cm³/mol. The summed E-state index contributed by atoms with van der Waals surface area (Å²) in [7, 11) is 3.55. The normalized spacial score (nSPS) is 33.5. The summed E-state index contributed by atoms with van der Waals surface area (Å²) in [4.78, 5) is 2.74. The van der Waals surface area contributed by atoms with Crippen LogP contribution >= 0.6 is 0 Å². The summed E-state index contributed by atoms with van der Waals surface area (Å²) in [5.41, 5.74) is 2.61. The molecule has 4 nitrogen and oxygen atoms in total. The van der Waals surface area contributed by atoms with Crippen LogP contribution in [0.3, 0.4) is 0 Å². The number of likely N-dealkylation sites (tertiary alicyclic amines) is 1. The largest absolute Gasteiger partial charge is 0.504 e. The second-order valence-corrected chi connectivity index (χ2v) is 9.34. The van der Waals surface area contributed by atoms with Crippen LogP contribution in [0.4, 0.5) is 0 Å². The van der Waals surface area contributed by atoms with Gasteiger partial charge < -0.3 is 19.5 Å². The smallest absolute Gasteiger partial charge is 0.164 e. The van der Waals surface area contributed by atoms with Crippen molar-refractivity contribution in [1.82, 2.24) is 4.90 Å². The molecule has 1 aliphatic heterocycles. The predicted octanol–water partition coefficient (Wildman–Crippen LogP) is 4.52. The Bertz CT molecular complexity index is 701. The lowest BCUT2D eigenvalue weighted by Gasteiger charge is -2.56. The molecule has 3 aliphatic rings. The molecule has 4 heteroatoms. The molecule has 0 spiro atoms. The van der Waals surface area contributed by atoms with Crippen molar-refractivity contribution in [2.24, 2.45) is 11.8 Å². The Labute approximate surface area is 170 Å². The molecule has 0 bridgehead atoms. The summed E-state index contributed by atoms with van der Waals surface area (Å²) in [5.74, 6) is 2.47. The Morgan fingerprint density at radius 3 is 2.61 bits per heavy atom. The van der Waals surface area contributed by atoms with Crippen LogP contribution in [0.15, 0.2) is 12.1 Å². The van der Waals surface area contributed by atoms with Crippen molar-refractivity contribution in [1.29, 1.82) is 0 Å². The number of piperidine rings is 1. The zero-order chi connectivity index (χ0) is 19.9. The molecule has 0 aromatic heterocycles. The monoisotopic (exact) mass is 387 g/mol. The molecule has 1 heterocycles. The van der Waals surface area contributed by atoms with E-state index in [0.717, 1.165) is 38.1 Å². The topological polar surface area (TPSA) is 41.9 Å². The Morgan fingerprint density at radius 1 is 1.18 bits per heavy atom. The van der Waals surface area contributed by atoms with Gasteiger partial charge in [-0.25, -0.2) is 0 Å². The summed E-state index contributed by atoms with van der Waals surface area (Å²) in [5, 5.41) is 10.6. The van der Waals surface area contributed by atoms with Gasteiger partial charge in [-0.1, -0.05) is 13.0 Å². The number of hydrogen-bond donors (Lipinski definition) is 1. The molecule has 4 atom stereocenters. The van der Waals surface area contributed by atoms with Crippen molar-refractivity contribution in [3.8, 4) is 11.5 Å². The maximum atomic E-state index is 10.6. The maximum Gasteiger partial charge on any atom is 0.164 e. The van der Waals surface area contributed by atoms with Gasteiger partial charge in [-0.2, -0.15) is 0 Å². The highest BCUT2D eigenvalue weighted by Crippen LogP contribution is 2.56. The van der Waals surface area contributed by atoms with E-state index in [-0.39, 0.29) is 17.3 Å². The van der Waals surface area contributed by atoms with Crippen LogP contribution in [0, 0.1) is 11.8 Å². The Morgan fingerprint density at radius 2 is 1.96 bits per heavy atom. The van der Waals surface area contributed by atoms with Gasteiger partial charge in [-0.3, -0.25) is 0 Å². The molecular weight excluding hydrogens is 350 g/mol. The van der Waals surface area contributed by atoms with Gasteiger partial charge in [0.1, 0.15) is 0 Å². The first-order valence-electron chi connectivity index (χ1n) is 11.2. The minimum Gasteiger partial charge on any atom is -0.504 e. The number of hydrogen-bond acceptors (Lipinski definition) is 4. The van der Waals surface area contributed by atoms with E-state index >= 15 is 0 Å². The molecular formula is C24H37NO3. The van der Waals surface area contributed by atoms with Crippen molar-refractivity contribution in [2.45, 2.75) is 76.4 Å². The van der Waals surface area contributed by atoms with Gasteiger partial charge in [0.05, 0.1) is 13.2 Å². The van der Waals surface area contributed by atoms with Crippen LogP contribution in [-0.2, 0) is 16.6 Å². The Balaban J connectivity index is 1.79. The lowest BCUT2D eigenvalue weighted by molar-refractivity contribution is -0.0493. The number of aryl methyl sites for hydroxylation is 1. The van der Waals surface area contributed by atoms with Crippen LogP contribution < -0.4 is 4.74 Å². The summed E-state index contributed by atoms with van der Waals surface area (Å²) in [6.07, 6.45) is 8.53. The molecule has 4 rings (SSSR count). The van der Waals surface area contributed by atoms with E-state index in [1.54, 1.807) is 13.2 Å². The van der Waals surface area contributed by atoms with Gasteiger partial charge in [0.2, 0.25) is 0 Å². The number of benzene rings is 1. The van der Waals surface area contributed by atoms with Crippen molar-refractivity contribution in [3.05, 3.63) is 23.3 Å². The quantitative estimate of drug-likeness (QED) is 0.779. The van der Waals surface area contributed by atoms with Crippen LogP contribution in [0.5, 0.6) is 11.5 Å². The van der Waals surface area contributed by atoms with E-state index in [1.807, 2.05) is 7.11 Å². The summed E-state index contributed by atoms with van der Waals surface area (Å²) >= 11 is 0. The van der Waals surface area contributed by atoms with E-state index < -0.39 is 0 Å². The second-order valence-electron chi connectivity index (χ2n) is 9.34. The number of methoxy groups -OCH3 is 2. The molecule has 2 aliphatic carbocycles. The van der Waals surface area contributed by atoms with Crippen molar-refractivity contribution in [2.75, 3.05) is 27.3 Å². The zero-order valence-electron chi connectivity index (χ0n) is 18.0. The number of ether oxygens (including phenoxy) is 2. The van der Waals surface area contributed by atoms with Crippen LogP contribution in [-0.4, -0.2) is 49.5 Å². The number of nitrogens with zero attached hydrogens (tertiary/aromatic N) is 1. The van der Waals surface area contributed by atoms with Crippen molar-refractivity contribution in [3.63, 3.8) is 0 Å². The fraction of sp³-hybridized carbons (Fsp3) is 0.750. The SMILES string of the molecule is CCc1ccc(O)c(OC)c1C12CCN(CC3CC3)C(C)C1CCC(OC)C2. The van der Waals surface area contributed by atoms with Gasteiger partial charge in [-0.05, 0) is 81.9 Å².